The van der Waals surface area contributed by atoms with E-state index in [2.05, 4.69) is 0 Å². The smallest absolute Gasteiger partial charge is 0.146 e. The molecule has 0 atom stereocenters. The molecule has 0 unspecified atom stereocenters. The zero-order chi connectivity index (χ0) is 12.3. The lowest BCUT2D eigenvalue weighted by atomic mass is 10.2. The molecule has 94 valence electrons. The van der Waals surface area contributed by atoms with Gasteiger partial charge in [0.1, 0.15) is 17.3 Å². The number of amidine groups is 1. The van der Waals surface area contributed by atoms with Crippen molar-refractivity contribution in [2.75, 3.05) is 0 Å². The molecule has 0 amide bonds. The maximum Gasteiger partial charge on any atom is 0.146 e. The maximum atomic E-state index is 7.28. The summed E-state index contributed by atoms with van der Waals surface area (Å²) in [6.45, 7) is 0. The van der Waals surface area contributed by atoms with E-state index >= 15 is 0 Å². The molecule has 2 aromatic carbocycles. The summed E-state index contributed by atoms with van der Waals surface area (Å²) >= 11 is 5.98. The van der Waals surface area contributed by atoms with Crippen LogP contribution in [0.4, 0.5) is 0 Å². The molecule has 0 aliphatic rings. The number of hydrogen-bond acceptors (Lipinski definition) is 2. The fourth-order valence-electron chi connectivity index (χ4n) is 1.36. The van der Waals surface area contributed by atoms with Crippen molar-refractivity contribution in [3.63, 3.8) is 0 Å². The van der Waals surface area contributed by atoms with E-state index in [-0.39, 0.29) is 18.2 Å². The molecule has 3 nitrogen and oxygen atoms in total. The Bertz CT molecular complexity index is 541. The van der Waals surface area contributed by atoms with Gasteiger partial charge in [-0.3, -0.25) is 5.41 Å². The molecule has 0 aromatic heterocycles. The van der Waals surface area contributed by atoms with E-state index in [0.717, 1.165) is 0 Å². The first-order valence-corrected chi connectivity index (χ1v) is 5.41. The number of ether oxygens (including phenoxy) is 1. The summed E-state index contributed by atoms with van der Waals surface area (Å²) in [6.07, 6.45) is 0. The molecule has 18 heavy (non-hydrogen) atoms. The van der Waals surface area contributed by atoms with Gasteiger partial charge in [0.2, 0.25) is 0 Å². The Balaban J connectivity index is 0.00000162. The van der Waals surface area contributed by atoms with Crippen LogP contribution in [0.1, 0.15) is 5.56 Å². The molecule has 3 N–H and O–H groups in total. The van der Waals surface area contributed by atoms with Crippen LogP contribution in [0, 0.1) is 5.41 Å². The van der Waals surface area contributed by atoms with E-state index in [0.29, 0.717) is 22.1 Å². The molecule has 0 aliphatic carbocycles. The molecule has 2 aromatic rings. The molecular formula is C13H12Cl2N2O. The quantitative estimate of drug-likeness (QED) is 0.664. The molecule has 0 saturated heterocycles. The summed E-state index contributed by atoms with van der Waals surface area (Å²) in [5.74, 6) is 1.29. The van der Waals surface area contributed by atoms with Crippen molar-refractivity contribution in [3.05, 3.63) is 59.1 Å². The second kappa shape index (κ2) is 6.28. The lowest BCUT2D eigenvalue weighted by Gasteiger charge is -2.07. The van der Waals surface area contributed by atoms with Gasteiger partial charge in [-0.2, -0.15) is 0 Å². The predicted molar refractivity (Wildman–Crippen MR) is 76.2 cm³/mol. The standard InChI is InChI=1S/C13H11ClN2O.ClH/c14-11-3-1-2-4-12(11)17-10-7-5-9(6-8-10)13(15)16;/h1-8H,(H3,15,16);1H. The highest BCUT2D eigenvalue weighted by Crippen LogP contribution is 2.28. The summed E-state index contributed by atoms with van der Waals surface area (Å²) < 4.78 is 5.60. The van der Waals surface area contributed by atoms with Gasteiger partial charge in [0.15, 0.2) is 0 Å². The van der Waals surface area contributed by atoms with Gasteiger partial charge in [-0.15, -0.1) is 12.4 Å². The van der Waals surface area contributed by atoms with Crippen molar-refractivity contribution < 1.29 is 4.74 Å². The van der Waals surface area contributed by atoms with Crippen LogP contribution in [0.25, 0.3) is 0 Å². The molecule has 0 bridgehead atoms. The Morgan fingerprint density at radius 2 is 1.67 bits per heavy atom. The third-order valence-corrected chi connectivity index (χ3v) is 2.54. The van der Waals surface area contributed by atoms with Crippen LogP contribution >= 0.6 is 24.0 Å². The van der Waals surface area contributed by atoms with Gasteiger partial charge in [-0.05, 0) is 36.4 Å². The highest BCUT2D eigenvalue weighted by molar-refractivity contribution is 6.32. The molecule has 2 rings (SSSR count). The fraction of sp³-hybridized carbons (Fsp3) is 0. The molecule has 0 heterocycles. The molecule has 0 spiro atoms. The fourth-order valence-corrected chi connectivity index (χ4v) is 1.53. The van der Waals surface area contributed by atoms with Crippen LogP contribution < -0.4 is 10.5 Å². The topological polar surface area (TPSA) is 59.1 Å². The molecule has 0 fully saturated rings. The van der Waals surface area contributed by atoms with E-state index in [1.807, 2.05) is 12.1 Å². The highest BCUT2D eigenvalue weighted by Gasteiger charge is 2.02. The monoisotopic (exact) mass is 282 g/mol. The van der Waals surface area contributed by atoms with Gasteiger partial charge in [-0.25, -0.2) is 0 Å². The van der Waals surface area contributed by atoms with Crippen LogP contribution in [0.15, 0.2) is 48.5 Å². The van der Waals surface area contributed by atoms with Gasteiger partial charge in [-0.1, -0.05) is 23.7 Å². The minimum atomic E-state index is 0. The summed E-state index contributed by atoms with van der Waals surface area (Å²) in [7, 11) is 0. The summed E-state index contributed by atoms with van der Waals surface area (Å²) in [5.41, 5.74) is 6.03. The number of nitrogens with two attached hydrogens (primary N) is 1. The van der Waals surface area contributed by atoms with Gasteiger partial charge in [0.05, 0.1) is 5.02 Å². The molecule has 0 radical (unpaired) electrons. The second-order valence-electron chi connectivity index (χ2n) is 3.47. The number of halogens is 2. The van der Waals surface area contributed by atoms with Gasteiger partial charge >= 0.3 is 0 Å². The molecule has 0 saturated carbocycles. The minimum Gasteiger partial charge on any atom is -0.456 e. The Labute approximate surface area is 116 Å². The number of para-hydroxylation sites is 1. The molecular weight excluding hydrogens is 271 g/mol. The van der Waals surface area contributed by atoms with Crippen LogP contribution in [-0.2, 0) is 0 Å². The lowest BCUT2D eigenvalue weighted by molar-refractivity contribution is 0.483. The van der Waals surface area contributed by atoms with E-state index in [9.17, 15) is 0 Å². The van der Waals surface area contributed by atoms with Crippen molar-refractivity contribution >= 4 is 29.8 Å². The third kappa shape index (κ3) is 3.39. The zero-order valence-electron chi connectivity index (χ0n) is 9.39. The largest absolute Gasteiger partial charge is 0.456 e. The summed E-state index contributed by atoms with van der Waals surface area (Å²) in [5, 5.41) is 7.84. The van der Waals surface area contributed by atoms with Crippen molar-refractivity contribution in [1.82, 2.24) is 0 Å². The number of rotatable bonds is 3. The minimum absolute atomic E-state index is 0. The first-order chi connectivity index (χ1) is 8.16. The van der Waals surface area contributed by atoms with Gasteiger partial charge < -0.3 is 10.5 Å². The van der Waals surface area contributed by atoms with Crippen LogP contribution in [0.2, 0.25) is 5.02 Å². The van der Waals surface area contributed by atoms with E-state index < -0.39 is 0 Å². The van der Waals surface area contributed by atoms with Crippen molar-refractivity contribution in [2.24, 2.45) is 5.73 Å². The van der Waals surface area contributed by atoms with Gasteiger partial charge in [0, 0.05) is 5.56 Å². The average Bonchev–Trinajstić information content (AvgIpc) is 2.33. The van der Waals surface area contributed by atoms with E-state index in [1.165, 1.54) is 0 Å². The van der Waals surface area contributed by atoms with Gasteiger partial charge in [0.25, 0.3) is 0 Å². The Morgan fingerprint density at radius 3 is 2.22 bits per heavy atom. The maximum absolute atomic E-state index is 7.28. The molecule has 5 heteroatoms. The first-order valence-electron chi connectivity index (χ1n) is 5.03. The van der Waals surface area contributed by atoms with Crippen molar-refractivity contribution in [2.45, 2.75) is 0 Å². The Kier molecular flexibility index (Phi) is 5.01. The number of benzene rings is 2. The predicted octanol–water partition coefficient (Wildman–Crippen LogP) is 3.84. The molecule has 0 aliphatic heterocycles. The normalized spacial score (nSPS) is 9.39. The lowest BCUT2D eigenvalue weighted by Crippen LogP contribution is -2.10. The van der Waals surface area contributed by atoms with E-state index in [4.69, 9.17) is 27.5 Å². The SMILES string of the molecule is Cl.N=C(N)c1ccc(Oc2ccccc2Cl)cc1. The first kappa shape index (κ1) is 14.4. The van der Waals surface area contributed by atoms with E-state index in [1.54, 1.807) is 36.4 Å². The average molecular weight is 283 g/mol. The number of nitrogen functional groups attached to an aromatic ring is 1. The Morgan fingerprint density at radius 1 is 1.06 bits per heavy atom. The van der Waals surface area contributed by atoms with Crippen LogP contribution in [0.3, 0.4) is 0 Å². The third-order valence-electron chi connectivity index (χ3n) is 2.23. The highest BCUT2D eigenvalue weighted by atomic mass is 35.5. The summed E-state index contributed by atoms with van der Waals surface area (Å²) in [6, 6.07) is 14.2. The number of nitrogens with one attached hydrogen (secondary N) is 1. The van der Waals surface area contributed by atoms with Crippen molar-refractivity contribution in [3.8, 4) is 11.5 Å². The summed E-state index contributed by atoms with van der Waals surface area (Å²) in [4.78, 5) is 0. The van der Waals surface area contributed by atoms with Crippen LogP contribution in [0.5, 0.6) is 11.5 Å². The van der Waals surface area contributed by atoms with Crippen molar-refractivity contribution in [1.29, 1.82) is 5.41 Å². The zero-order valence-corrected chi connectivity index (χ0v) is 11.0. The second-order valence-corrected chi connectivity index (χ2v) is 3.88. The van der Waals surface area contributed by atoms with Crippen LogP contribution in [-0.4, -0.2) is 5.84 Å². The number of hydrogen-bond donors (Lipinski definition) is 2. The Hall–Kier alpha value is -1.71.